The van der Waals surface area contributed by atoms with E-state index in [0.717, 1.165) is 19.3 Å². The maximum absolute atomic E-state index is 8.99. The van der Waals surface area contributed by atoms with E-state index in [-0.39, 0.29) is 0 Å². The van der Waals surface area contributed by atoms with Gasteiger partial charge in [-0.05, 0) is 12.5 Å². The molecule has 10 heavy (non-hydrogen) atoms. The van der Waals surface area contributed by atoms with Crippen molar-refractivity contribution in [2.45, 2.75) is 38.4 Å². The largest absolute Gasteiger partial charge is 0.362 e. The molecule has 60 valence electrons. The zero-order valence-electron chi connectivity index (χ0n) is 6.51. The molecule has 2 heteroatoms. The van der Waals surface area contributed by atoms with Gasteiger partial charge in [0.05, 0.1) is 0 Å². The van der Waals surface area contributed by atoms with Crippen LogP contribution < -0.4 is 0 Å². The molecule has 0 heterocycles. The maximum atomic E-state index is 8.99. The molecule has 0 spiro atoms. The van der Waals surface area contributed by atoms with Gasteiger partial charge in [0.2, 0.25) is 0 Å². The van der Waals surface area contributed by atoms with E-state index in [9.17, 15) is 0 Å². The molecule has 0 aliphatic carbocycles. The third-order valence-electron chi connectivity index (χ3n) is 1.48. The standard InChI is InChI=1S/C8H16O2/c1-3-5-6-7-8(9,10)4-2/h4,9-10H,2-3,5-7H2,1H3. The van der Waals surface area contributed by atoms with E-state index in [2.05, 4.69) is 13.5 Å². The van der Waals surface area contributed by atoms with E-state index in [4.69, 9.17) is 10.2 Å². The van der Waals surface area contributed by atoms with Gasteiger partial charge in [-0.25, -0.2) is 0 Å². The van der Waals surface area contributed by atoms with Crippen LogP contribution in [0.4, 0.5) is 0 Å². The van der Waals surface area contributed by atoms with Gasteiger partial charge in [-0.1, -0.05) is 26.3 Å². The molecule has 0 unspecified atom stereocenters. The zero-order valence-corrected chi connectivity index (χ0v) is 6.51. The predicted octanol–water partition coefficient (Wildman–Crippen LogP) is 1.43. The Labute approximate surface area is 62.2 Å². The van der Waals surface area contributed by atoms with Gasteiger partial charge in [0.1, 0.15) is 0 Å². The van der Waals surface area contributed by atoms with Crippen molar-refractivity contribution in [2.75, 3.05) is 0 Å². The SMILES string of the molecule is C=CC(O)(O)CCCCC. The second-order valence-electron chi connectivity index (χ2n) is 2.54. The second kappa shape index (κ2) is 4.47. The van der Waals surface area contributed by atoms with Crippen LogP contribution in [0.5, 0.6) is 0 Å². The summed E-state index contributed by atoms with van der Waals surface area (Å²) in [4.78, 5) is 0. The van der Waals surface area contributed by atoms with Crippen molar-refractivity contribution in [3.63, 3.8) is 0 Å². The van der Waals surface area contributed by atoms with Crippen molar-refractivity contribution in [3.8, 4) is 0 Å². The van der Waals surface area contributed by atoms with Crippen molar-refractivity contribution in [1.29, 1.82) is 0 Å². The molecule has 0 atom stereocenters. The highest BCUT2D eigenvalue weighted by Gasteiger charge is 2.15. The molecule has 0 fully saturated rings. The van der Waals surface area contributed by atoms with Gasteiger partial charge in [0, 0.05) is 6.42 Å². The van der Waals surface area contributed by atoms with Gasteiger partial charge < -0.3 is 10.2 Å². The summed E-state index contributed by atoms with van der Waals surface area (Å²) in [5.74, 6) is -1.64. The van der Waals surface area contributed by atoms with Crippen LogP contribution in [0, 0.1) is 0 Å². The van der Waals surface area contributed by atoms with Gasteiger partial charge in [0.25, 0.3) is 0 Å². The topological polar surface area (TPSA) is 40.5 Å². The van der Waals surface area contributed by atoms with Crippen molar-refractivity contribution in [1.82, 2.24) is 0 Å². The summed E-state index contributed by atoms with van der Waals surface area (Å²) >= 11 is 0. The number of hydrogen-bond acceptors (Lipinski definition) is 2. The number of hydrogen-bond donors (Lipinski definition) is 2. The summed E-state index contributed by atoms with van der Waals surface area (Å²) in [6, 6.07) is 0. The predicted molar refractivity (Wildman–Crippen MR) is 41.5 cm³/mol. The lowest BCUT2D eigenvalue weighted by atomic mass is 10.1. The average molecular weight is 144 g/mol. The fourth-order valence-corrected chi connectivity index (χ4v) is 0.737. The zero-order chi connectivity index (χ0) is 8.04. The van der Waals surface area contributed by atoms with Crippen molar-refractivity contribution in [2.24, 2.45) is 0 Å². The number of rotatable bonds is 5. The minimum atomic E-state index is -1.64. The molecule has 0 aromatic carbocycles. The molecule has 0 radical (unpaired) electrons. The van der Waals surface area contributed by atoms with E-state index >= 15 is 0 Å². The van der Waals surface area contributed by atoms with Crippen LogP contribution in [0.3, 0.4) is 0 Å². The van der Waals surface area contributed by atoms with Gasteiger partial charge in [-0.3, -0.25) is 0 Å². The average Bonchev–Trinajstić information content (AvgIpc) is 1.89. The lowest BCUT2D eigenvalue weighted by Crippen LogP contribution is -2.23. The molecule has 0 aromatic heterocycles. The normalized spacial score (nSPS) is 11.5. The summed E-state index contributed by atoms with van der Waals surface area (Å²) in [5, 5.41) is 18.0. The quantitative estimate of drug-likeness (QED) is 0.348. The monoisotopic (exact) mass is 144 g/mol. The van der Waals surface area contributed by atoms with Crippen molar-refractivity contribution in [3.05, 3.63) is 12.7 Å². The van der Waals surface area contributed by atoms with Crippen LogP contribution in [-0.4, -0.2) is 16.0 Å². The van der Waals surface area contributed by atoms with Crippen molar-refractivity contribution >= 4 is 0 Å². The van der Waals surface area contributed by atoms with Crippen LogP contribution >= 0.6 is 0 Å². The minimum absolute atomic E-state index is 0.393. The van der Waals surface area contributed by atoms with Crippen LogP contribution in [0.1, 0.15) is 32.6 Å². The molecule has 2 nitrogen and oxygen atoms in total. The molecule has 0 saturated heterocycles. The van der Waals surface area contributed by atoms with Gasteiger partial charge >= 0.3 is 0 Å². The number of aliphatic hydroxyl groups is 2. The van der Waals surface area contributed by atoms with E-state index in [1.807, 2.05) is 0 Å². The third kappa shape index (κ3) is 4.53. The Morgan fingerprint density at radius 2 is 2.00 bits per heavy atom. The highest BCUT2D eigenvalue weighted by molar-refractivity contribution is 4.84. The van der Waals surface area contributed by atoms with Crippen molar-refractivity contribution < 1.29 is 10.2 Å². The van der Waals surface area contributed by atoms with Crippen LogP contribution in [-0.2, 0) is 0 Å². The third-order valence-corrected chi connectivity index (χ3v) is 1.48. The van der Waals surface area contributed by atoms with E-state index in [1.54, 1.807) is 0 Å². The first kappa shape index (κ1) is 9.66. The first-order chi connectivity index (χ1) is 4.62. The Morgan fingerprint density at radius 1 is 1.40 bits per heavy atom. The van der Waals surface area contributed by atoms with Gasteiger partial charge in [-0.2, -0.15) is 0 Å². The number of unbranched alkanes of at least 4 members (excludes halogenated alkanes) is 2. The van der Waals surface area contributed by atoms with E-state index in [1.165, 1.54) is 6.08 Å². The molecule has 0 saturated carbocycles. The molecule has 0 amide bonds. The van der Waals surface area contributed by atoms with E-state index in [0.29, 0.717) is 6.42 Å². The Morgan fingerprint density at radius 3 is 2.40 bits per heavy atom. The smallest absolute Gasteiger partial charge is 0.182 e. The van der Waals surface area contributed by atoms with Gasteiger partial charge in [-0.15, -0.1) is 0 Å². The maximum Gasteiger partial charge on any atom is 0.182 e. The Bertz CT molecular complexity index is 97.4. The lowest BCUT2D eigenvalue weighted by molar-refractivity contribution is -0.123. The molecule has 0 rings (SSSR count). The summed E-state index contributed by atoms with van der Waals surface area (Å²) in [6.07, 6.45) is 4.53. The molecule has 0 aliphatic heterocycles. The molecule has 0 bridgehead atoms. The van der Waals surface area contributed by atoms with Crippen LogP contribution in [0.2, 0.25) is 0 Å². The van der Waals surface area contributed by atoms with Gasteiger partial charge in [0.15, 0.2) is 5.79 Å². The second-order valence-corrected chi connectivity index (χ2v) is 2.54. The Balaban J connectivity index is 3.37. The Kier molecular flexibility index (Phi) is 4.32. The summed E-state index contributed by atoms with van der Waals surface area (Å²) in [6.45, 7) is 5.38. The van der Waals surface area contributed by atoms with Crippen LogP contribution in [0.15, 0.2) is 12.7 Å². The molecule has 2 N–H and O–H groups in total. The van der Waals surface area contributed by atoms with Crippen LogP contribution in [0.25, 0.3) is 0 Å². The highest BCUT2D eigenvalue weighted by atomic mass is 16.5. The molecular formula is C8H16O2. The fraction of sp³-hybridized carbons (Fsp3) is 0.750. The summed E-state index contributed by atoms with van der Waals surface area (Å²) < 4.78 is 0. The van der Waals surface area contributed by atoms with E-state index < -0.39 is 5.79 Å². The molecule has 0 aromatic rings. The molecular weight excluding hydrogens is 128 g/mol. The fourth-order valence-electron chi connectivity index (χ4n) is 0.737. The molecule has 0 aliphatic rings. The first-order valence-electron chi connectivity index (χ1n) is 3.70. The Hall–Kier alpha value is -0.340. The first-order valence-corrected chi connectivity index (χ1v) is 3.70. The highest BCUT2D eigenvalue weighted by Crippen LogP contribution is 2.11. The summed E-state index contributed by atoms with van der Waals surface area (Å²) in [5.41, 5.74) is 0. The minimum Gasteiger partial charge on any atom is -0.362 e. The lowest BCUT2D eigenvalue weighted by Gasteiger charge is -2.15. The summed E-state index contributed by atoms with van der Waals surface area (Å²) in [7, 11) is 0.